The normalized spacial score (nSPS) is 26.2. The monoisotopic (exact) mass is 169 g/mol. The van der Waals surface area contributed by atoms with Crippen molar-refractivity contribution in [1.29, 1.82) is 0 Å². The number of likely N-dealkylation sites (tertiary alicyclic amines) is 1. The summed E-state index contributed by atoms with van der Waals surface area (Å²) in [6.07, 6.45) is 4.61. The van der Waals surface area contributed by atoms with E-state index in [9.17, 15) is 0 Å². The first-order valence-electron chi connectivity index (χ1n) is 4.70. The van der Waals surface area contributed by atoms with E-state index in [1.165, 1.54) is 19.4 Å². The third kappa shape index (κ3) is 2.52. The van der Waals surface area contributed by atoms with Gasteiger partial charge in [-0.05, 0) is 40.3 Å². The molecule has 0 amide bonds. The Morgan fingerprint density at radius 1 is 1.67 bits per heavy atom. The zero-order valence-electron chi connectivity index (χ0n) is 8.34. The van der Waals surface area contributed by atoms with E-state index in [-0.39, 0.29) is 0 Å². The highest BCUT2D eigenvalue weighted by molar-refractivity contribution is 4.86. The van der Waals surface area contributed by atoms with Crippen LogP contribution in [0.2, 0.25) is 0 Å². The lowest BCUT2D eigenvalue weighted by Crippen LogP contribution is -2.29. The summed E-state index contributed by atoms with van der Waals surface area (Å²) in [6.45, 7) is 6.10. The predicted octanol–water partition coefficient (Wildman–Crippen LogP) is 2.02. The minimum atomic E-state index is 0.639. The van der Waals surface area contributed by atoms with Crippen LogP contribution in [0.3, 0.4) is 0 Å². The summed E-state index contributed by atoms with van der Waals surface area (Å²) in [5.41, 5.74) is 0. The van der Waals surface area contributed by atoms with Crippen LogP contribution in [-0.2, 0) is 4.74 Å². The zero-order chi connectivity index (χ0) is 8.97. The first-order valence-corrected chi connectivity index (χ1v) is 4.70. The molecule has 0 aromatic heterocycles. The van der Waals surface area contributed by atoms with Gasteiger partial charge in [0, 0.05) is 6.04 Å². The van der Waals surface area contributed by atoms with Crippen LogP contribution in [0.4, 0.5) is 0 Å². The Bertz CT molecular complexity index is 165. The molecular weight excluding hydrogens is 150 g/mol. The summed E-state index contributed by atoms with van der Waals surface area (Å²) in [7, 11) is 2.17. The molecular formula is C10H19NO. The number of nitrogens with zero attached hydrogens (tertiary/aromatic N) is 1. The quantitative estimate of drug-likeness (QED) is 0.599. The van der Waals surface area contributed by atoms with E-state index in [1.54, 1.807) is 0 Å². The molecule has 1 saturated heterocycles. The van der Waals surface area contributed by atoms with Gasteiger partial charge in [0.2, 0.25) is 0 Å². The Kier molecular flexibility index (Phi) is 3.60. The van der Waals surface area contributed by atoms with Gasteiger partial charge >= 0.3 is 0 Å². The highest BCUT2D eigenvalue weighted by Gasteiger charge is 2.20. The third-order valence-electron chi connectivity index (χ3n) is 2.58. The lowest BCUT2D eigenvalue weighted by molar-refractivity contribution is 0.140. The standard InChI is InChI=1S/C10H19NO/c1-4-9(2)12-8-10-6-5-7-11(10)3/h4,10H,5-8H2,1-3H3/b9-4-/t10-/m1/s1. The second kappa shape index (κ2) is 4.51. The van der Waals surface area contributed by atoms with Crippen molar-refractivity contribution in [2.45, 2.75) is 32.7 Å². The van der Waals surface area contributed by atoms with E-state index >= 15 is 0 Å². The molecule has 0 spiro atoms. The van der Waals surface area contributed by atoms with Crippen molar-refractivity contribution in [3.8, 4) is 0 Å². The van der Waals surface area contributed by atoms with Gasteiger partial charge in [-0.2, -0.15) is 0 Å². The van der Waals surface area contributed by atoms with Crippen LogP contribution in [0, 0.1) is 0 Å². The van der Waals surface area contributed by atoms with Crippen molar-refractivity contribution >= 4 is 0 Å². The number of hydrogen-bond acceptors (Lipinski definition) is 2. The molecule has 0 bridgehead atoms. The summed E-state index contributed by atoms with van der Waals surface area (Å²) in [5.74, 6) is 1.04. The molecule has 0 aromatic rings. The molecule has 12 heavy (non-hydrogen) atoms. The van der Waals surface area contributed by atoms with Gasteiger partial charge in [0.15, 0.2) is 0 Å². The summed E-state index contributed by atoms with van der Waals surface area (Å²) in [6, 6.07) is 0.639. The highest BCUT2D eigenvalue weighted by atomic mass is 16.5. The summed E-state index contributed by atoms with van der Waals surface area (Å²) in [4.78, 5) is 2.38. The second-order valence-corrected chi connectivity index (χ2v) is 3.49. The van der Waals surface area contributed by atoms with Crippen LogP contribution in [0.25, 0.3) is 0 Å². The van der Waals surface area contributed by atoms with Crippen molar-refractivity contribution < 1.29 is 4.74 Å². The average Bonchev–Trinajstić information content (AvgIpc) is 2.47. The molecule has 2 nitrogen and oxygen atoms in total. The molecule has 0 radical (unpaired) electrons. The van der Waals surface area contributed by atoms with E-state index in [1.807, 2.05) is 19.9 Å². The summed E-state index contributed by atoms with van der Waals surface area (Å²) in [5, 5.41) is 0. The van der Waals surface area contributed by atoms with E-state index in [2.05, 4.69) is 11.9 Å². The Morgan fingerprint density at radius 3 is 2.92 bits per heavy atom. The molecule has 1 rings (SSSR count). The fourth-order valence-electron chi connectivity index (χ4n) is 1.50. The van der Waals surface area contributed by atoms with Crippen LogP contribution in [0.1, 0.15) is 26.7 Å². The summed E-state index contributed by atoms with van der Waals surface area (Å²) >= 11 is 0. The average molecular weight is 169 g/mol. The SMILES string of the molecule is C/C=C(/C)OC[C@H]1CCCN1C. The van der Waals surface area contributed by atoms with Gasteiger partial charge in [0.25, 0.3) is 0 Å². The maximum atomic E-state index is 5.56. The largest absolute Gasteiger partial charge is 0.497 e. The molecule has 1 atom stereocenters. The second-order valence-electron chi connectivity index (χ2n) is 3.49. The lowest BCUT2D eigenvalue weighted by atomic mass is 10.2. The smallest absolute Gasteiger partial charge is 0.103 e. The molecule has 1 aliphatic rings. The van der Waals surface area contributed by atoms with Gasteiger partial charge in [-0.1, -0.05) is 6.08 Å². The Labute approximate surface area is 75.2 Å². The molecule has 0 aromatic carbocycles. The van der Waals surface area contributed by atoms with Crippen LogP contribution in [0.5, 0.6) is 0 Å². The minimum Gasteiger partial charge on any atom is -0.497 e. The molecule has 0 aliphatic carbocycles. The molecule has 0 unspecified atom stereocenters. The van der Waals surface area contributed by atoms with Gasteiger partial charge in [-0.3, -0.25) is 0 Å². The first kappa shape index (κ1) is 9.59. The van der Waals surface area contributed by atoms with Crippen LogP contribution in [0.15, 0.2) is 11.8 Å². The van der Waals surface area contributed by atoms with Gasteiger partial charge in [-0.25, -0.2) is 0 Å². The van der Waals surface area contributed by atoms with Crippen molar-refractivity contribution in [2.75, 3.05) is 20.2 Å². The lowest BCUT2D eigenvalue weighted by Gasteiger charge is -2.19. The van der Waals surface area contributed by atoms with E-state index in [0.29, 0.717) is 6.04 Å². The van der Waals surface area contributed by atoms with Gasteiger partial charge < -0.3 is 9.64 Å². The fourth-order valence-corrected chi connectivity index (χ4v) is 1.50. The van der Waals surface area contributed by atoms with Crippen molar-refractivity contribution in [2.24, 2.45) is 0 Å². The summed E-state index contributed by atoms with van der Waals surface area (Å²) < 4.78 is 5.56. The maximum Gasteiger partial charge on any atom is 0.103 e. The Morgan fingerprint density at radius 2 is 2.42 bits per heavy atom. The van der Waals surface area contributed by atoms with E-state index in [0.717, 1.165) is 12.4 Å². The zero-order valence-corrected chi connectivity index (χ0v) is 8.34. The number of allylic oxidation sites excluding steroid dienone is 2. The maximum absolute atomic E-state index is 5.56. The molecule has 0 saturated carbocycles. The number of likely N-dealkylation sites (N-methyl/N-ethyl adjacent to an activating group) is 1. The molecule has 0 N–H and O–H groups in total. The Hall–Kier alpha value is -0.500. The van der Waals surface area contributed by atoms with Crippen LogP contribution >= 0.6 is 0 Å². The van der Waals surface area contributed by atoms with E-state index in [4.69, 9.17) is 4.74 Å². The molecule has 1 fully saturated rings. The number of rotatable bonds is 3. The van der Waals surface area contributed by atoms with Gasteiger partial charge in [0.05, 0.1) is 5.76 Å². The third-order valence-corrected chi connectivity index (χ3v) is 2.58. The van der Waals surface area contributed by atoms with Gasteiger partial charge in [0.1, 0.15) is 6.61 Å². The van der Waals surface area contributed by atoms with Crippen LogP contribution < -0.4 is 0 Å². The first-order chi connectivity index (χ1) is 5.74. The molecule has 1 heterocycles. The van der Waals surface area contributed by atoms with Crippen molar-refractivity contribution in [3.05, 3.63) is 11.8 Å². The highest BCUT2D eigenvalue weighted by Crippen LogP contribution is 2.15. The predicted molar refractivity (Wildman–Crippen MR) is 51.0 cm³/mol. The van der Waals surface area contributed by atoms with Crippen molar-refractivity contribution in [3.63, 3.8) is 0 Å². The number of ether oxygens (including phenoxy) is 1. The Balaban J connectivity index is 2.22. The van der Waals surface area contributed by atoms with Crippen molar-refractivity contribution in [1.82, 2.24) is 4.90 Å². The van der Waals surface area contributed by atoms with Crippen LogP contribution in [-0.4, -0.2) is 31.1 Å². The van der Waals surface area contributed by atoms with E-state index < -0.39 is 0 Å². The molecule has 70 valence electrons. The number of hydrogen-bond donors (Lipinski definition) is 0. The molecule has 2 heteroatoms. The fraction of sp³-hybridized carbons (Fsp3) is 0.800. The minimum absolute atomic E-state index is 0.639. The van der Waals surface area contributed by atoms with Gasteiger partial charge in [-0.15, -0.1) is 0 Å². The molecule has 1 aliphatic heterocycles. The topological polar surface area (TPSA) is 12.5 Å².